The molecule has 0 radical (unpaired) electrons. The number of nitrogens with zero attached hydrogens (tertiary/aromatic N) is 3. The maximum atomic E-state index is 8.77. The van der Waals surface area contributed by atoms with Crippen LogP contribution >= 0.6 is 0 Å². The van der Waals surface area contributed by atoms with Crippen molar-refractivity contribution in [2.45, 2.75) is 13.5 Å². The summed E-state index contributed by atoms with van der Waals surface area (Å²) in [6, 6.07) is 7.27. The Kier molecular flexibility index (Phi) is 3.39. The van der Waals surface area contributed by atoms with Gasteiger partial charge in [0.15, 0.2) is 0 Å². The molecule has 1 aromatic carbocycles. The highest BCUT2D eigenvalue weighted by atomic mass is 14.9. The lowest BCUT2D eigenvalue weighted by Crippen LogP contribution is -2.03. The Morgan fingerprint density at radius 1 is 1.33 bits per heavy atom. The maximum Gasteiger partial charge on any atom is 0.101 e. The van der Waals surface area contributed by atoms with Crippen LogP contribution in [0.2, 0.25) is 0 Å². The van der Waals surface area contributed by atoms with Crippen molar-refractivity contribution in [1.29, 1.82) is 5.26 Å². The number of nitriles is 1. The third-order valence-electron chi connectivity index (χ3n) is 2.48. The van der Waals surface area contributed by atoms with E-state index in [9.17, 15) is 0 Å². The first-order chi connectivity index (χ1) is 8.69. The van der Waals surface area contributed by atoms with E-state index >= 15 is 0 Å². The van der Waals surface area contributed by atoms with E-state index in [1.165, 1.54) is 0 Å². The van der Waals surface area contributed by atoms with Crippen molar-refractivity contribution < 1.29 is 0 Å². The molecule has 2 rings (SSSR count). The van der Waals surface area contributed by atoms with Crippen molar-refractivity contribution in [2.24, 2.45) is 0 Å². The van der Waals surface area contributed by atoms with Crippen molar-refractivity contribution in [3.8, 4) is 6.07 Å². The van der Waals surface area contributed by atoms with Crippen LogP contribution in [0, 0.1) is 18.3 Å². The molecule has 0 atom stereocenters. The van der Waals surface area contributed by atoms with E-state index in [0.717, 1.165) is 17.1 Å². The topological polar surface area (TPSA) is 87.6 Å². The number of anilines is 2. The van der Waals surface area contributed by atoms with E-state index in [1.54, 1.807) is 24.5 Å². The monoisotopic (exact) mass is 239 g/mol. The lowest BCUT2D eigenvalue weighted by Gasteiger charge is -2.07. The highest BCUT2D eigenvalue weighted by Gasteiger charge is 2.00. The van der Waals surface area contributed by atoms with Gasteiger partial charge in [0.1, 0.15) is 6.07 Å². The molecule has 0 aliphatic rings. The first-order valence-electron chi connectivity index (χ1n) is 5.50. The Labute approximate surface area is 105 Å². The van der Waals surface area contributed by atoms with Gasteiger partial charge in [-0.1, -0.05) is 0 Å². The first kappa shape index (κ1) is 11.9. The van der Waals surface area contributed by atoms with Gasteiger partial charge in [0.25, 0.3) is 0 Å². The van der Waals surface area contributed by atoms with Crippen molar-refractivity contribution in [1.82, 2.24) is 9.97 Å². The summed E-state index contributed by atoms with van der Waals surface area (Å²) in [6.45, 7) is 2.46. The molecule has 0 spiro atoms. The van der Waals surface area contributed by atoms with Crippen LogP contribution in [0.25, 0.3) is 0 Å². The van der Waals surface area contributed by atoms with Crippen LogP contribution in [0.5, 0.6) is 0 Å². The zero-order valence-electron chi connectivity index (χ0n) is 10.0. The Bertz CT molecular complexity index is 583. The molecular weight excluding hydrogens is 226 g/mol. The van der Waals surface area contributed by atoms with Gasteiger partial charge in [-0.15, -0.1) is 0 Å². The molecule has 0 bridgehead atoms. The Balaban J connectivity index is 2.04. The van der Waals surface area contributed by atoms with Crippen LogP contribution in [0.3, 0.4) is 0 Å². The van der Waals surface area contributed by atoms with Gasteiger partial charge < -0.3 is 11.1 Å². The number of hydrogen-bond donors (Lipinski definition) is 2. The maximum absolute atomic E-state index is 8.77. The van der Waals surface area contributed by atoms with Gasteiger partial charge in [0.05, 0.1) is 35.4 Å². The van der Waals surface area contributed by atoms with E-state index in [1.807, 2.05) is 19.1 Å². The van der Waals surface area contributed by atoms with Crippen molar-refractivity contribution in [3.63, 3.8) is 0 Å². The minimum atomic E-state index is 0.470. The summed E-state index contributed by atoms with van der Waals surface area (Å²) in [5.41, 5.74) is 9.28. The number of hydrogen-bond acceptors (Lipinski definition) is 5. The number of nitrogens with one attached hydrogen (secondary N) is 1. The molecule has 0 amide bonds. The van der Waals surface area contributed by atoms with Crippen molar-refractivity contribution >= 4 is 11.4 Å². The minimum absolute atomic E-state index is 0.470. The molecule has 0 saturated heterocycles. The van der Waals surface area contributed by atoms with E-state index < -0.39 is 0 Å². The molecule has 0 fully saturated rings. The highest BCUT2D eigenvalue weighted by Crippen LogP contribution is 2.17. The van der Waals surface area contributed by atoms with Crippen molar-refractivity contribution in [3.05, 3.63) is 47.5 Å². The summed E-state index contributed by atoms with van der Waals surface area (Å²) in [5, 5.41) is 12.0. The van der Waals surface area contributed by atoms with Gasteiger partial charge >= 0.3 is 0 Å². The lowest BCUT2D eigenvalue weighted by molar-refractivity contribution is 0.984. The van der Waals surface area contributed by atoms with Crippen LogP contribution in [0.4, 0.5) is 11.4 Å². The zero-order chi connectivity index (χ0) is 13.0. The molecule has 1 heterocycles. The SMILES string of the molecule is Cc1cnc(CNc2ccc(C#N)c(N)c2)cn1. The van der Waals surface area contributed by atoms with Gasteiger partial charge in [0, 0.05) is 11.9 Å². The normalized spacial score (nSPS) is 9.78. The third-order valence-corrected chi connectivity index (χ3v) is 2.48. The summed E-state index contributed by atoms with van der Waals surface area (Å²) < 4.78 is 0. The zero-order valence-corrected chi connectivity index (χ0v) is 10.0. The van der Waals surface area contributed by atoms with Crippen molar-refractivity contribution in [2.75, 3.05) is 11.1 Å². The quantitative estimate of drug-likeness (QED) is 0.798. The molecule has 0 aliphatic carbocycles. The molecule has 2 aromatic rings. The van der Waals surface area contributed by atoms with E-state index in [4.69, 9.17) is 11.0 Å². The predicted octanol–water partition coefficient (Wildman–Crippen LogP) is 1.85. The first-order valence-corrected chi connectivity index (χ1v) is 5.50. The van der Waals surface area contributed by atoms with Gasteiger partial charge in [-0.05, 0) is 25.1 Å². The molecule has 3 N–H and O–H groups in total. The Morgan fingerprint density at radius 2 is 2.17 bits per heavy atom. The lowest BCUT2D eigenvalue weighted by atomic mass is 10.2. The second-order valence-corrected chi connectivity index (χ2v) is 3.92. The summed E-state index contributed by atoms with van der Waals surface area (Å²) in [7, 11) is 0. The number of aromatic nitrogens is 2. The summed E-state index contributed by atoms with van der Waals surface area (Å²) >= 11 is 0. The standard InChI is InChI=1S/C13H13N5/c1-9-6-17-12(7-16-9)8-18-11-3-2-10(5-14)13(15)4-11/h2-4,6-7,18H,8,15H2,1H3. The second-order valence-electron chi connectivity index (χ2n) is 3.92. The third kappa shape index (κ3) is 2.74. The average molecular weight is 239 g/mol. The van der Waals surface area contributed by atoms with Gasteiger partial charge in [-0.2, -0.15) is 5.26 Å². The molecule has 5 nitrogen and oxygen atoms in total. The number of rotatable bonds is 3. The number of nitrogens with two attached hydrogens (primary N) is 1. The van der Waals surface area contributed by atoms with Gasteiger partial charge in [0.2, 0.25) is 0 Å². The summed E-state index contributed by atoms with van der Waals surface area (Å²) in [5.74, 6) is 0. The smallest absolute Gasteiger partial charge is 0.101 e. The van der Waals surface area contributed by atoms with Crippen LogP contribution < -0.4 is 11.1 Å². The number of aryl methyl sites for hydroxylation is 1. The molecule has 0 saturated carbocycles. The van der Waals surface area contributed by atoms with E-state index in [2.05, 4.69) is 15.3 Å². The van der Waals surface area contributed by atoms with Crippen LogP contribution in [-0.4, -0.2) is 9.97 Å². The highest BCUT2D eigenvalue weighted by molar-refractivity contribution is 5.62. The molecular formula is C13H13N5. The number of nitrogen functional groups attached to an aromatic ring is 1. The number of benzene rings is 1. The summed E-state index contributed by atoms with van der Waals surface area (Å²) in [4.78, 5) is 8.41. The van der Waals surface area contributed by atoms with E-state index in [0.29, 0.717) is 17.8 Å². The summed E-state index contributed by atoms with van der Waals surface area (Å²) in [6.07, 6.45) is 3.46. The van der Waals surface area contributed by atoms with Gasteiger partial charge in [-0.3, -0.25) is 9.97 Å². The minimum Gasteiger partial charge on any atom is -0.398 e. The molecule has 90 valence electrons. The molecule has 0 unspecified atom stereocenters. The Morgan fingerprint density at radius 3 is 2.78 bits per heavy atom. The molecule has 1 aromatic heterocycles. The fraction of sp³-hybridized carbons (Fsp3) is 0.154. The molecule has 18 heavy (non-hydrogen) atoms. The fourth-order valence-electron chi connectivity index (χ4n) is 1.48. The van der Waals surface area contributed by atoms with Gasteiger partial charge in [-0.25, -0.2) is 0 Å². The molecule has 0 aliphatic heterocycles. The fourth-order valence-corrected chi connectivity index (χ4v) is 1.48. The van der Waals surface area contributed by atoms with Crippen LogP contribution in [0.15, 0.2) is 30.6 Å². The second kappa shape index (κ2) is 5.15. The van der Waals surface area contributed by atoms with E-state index in [-0.39, 0.29) is 0 Å². The average Bonchev–Trinajstić information content (AvgIpc) is 2.38. The van der Waals surface area contributed by atoms with Crippen LogP contribution in [-0.2, 0) is 6.54 Å². The molecule has 5 heteroatoms. The van der Waals surface area contributed by atoms with Crippen LogP contribution in [0.1, 0.15) is 17.0 Å². The Hall–Kier alpha value is -2.61. The predicted molar refractivity (Wildman–Crippen MR) is 69.7 cm³/mol. The largest absolute Gasteiger partial charge is 0.398 e.